The standard InChI is InChI=1S/C16H17N3S2/c1-13-5-8-20-15(13)11-19(12-16-18-7-9-21-16)10-14-4-2-3-6-17-14/h2-9H,10-12H2,1H3. The van der Waals surface area contributed by atoms with E-state index in [1.807, 2.05) is 41.2 Å². The predicted molar refractivity (Wildman–Crippen MR) is 88.4 cm³/mol. The number of hydrogen-bond donors (Lipinski definition) is 0. The molecule has 0 aliphatic heterocycles. The average molecular weight is 315 g/mol. The van der Waals surface area contributed by atoms with Gasteiger partial charge in [-0.1, -0.05) is 6.07 Å². The summed E-state index contributed by atoms with van der Waals surface area (Å²) in [5, 5.41) is 5.35. The summed E-state index contributed by atoms with van der Waals surface area (Å²) in [6.45, 7) is 4.83. The highest BCUT2D eigenvalue weighted by molar-refractivity contribution is 7.10. The van der Waals surface area contributed by atoms with Crippen LogP contribution < -0.4 is 0 Å². The normalized spacial score (nSPS) is 11.1. The highest BCUT2D eigenvalue weighted by Crippen LogP contribution is 2.20. The summed E-state index contributed by atoms with van der Waals surface area (Å²) in [4.78, 5) is 12.7. The molecule has 0 aliphatic carbocycles. The van der Waals surface area contributed by atoms with Crippen molar-refractivity contribution in [3.05, 3.63) is 68.6 Å². The van der Waals surface area contributed by atoms with E-state index in [0.29, 0.717) is 0 Å². The lowest BCUT2D eigenvalue weighted by molar-refractivity contribution is 0.246. The van der Waals surface area contributed by atoms with Gasteiger partial charge in [0.1, 0.15) is 5.01 Å². The zero-order chi connectivity index (χ0) is 14.5. The van der Waals surface area contributed by atoms with Crippen molar-refractivity contribution in [3.8, 4) is 0 Å². The van der Waals surface area contributed by atoms with E-state index in [0.717, 1.165) is 30.3 Å². The van der Waals surface area contributed by atoms with Gasteiger partial charge in [-0.15, -0.1) is 22.7 Å². The van der Waals surface area contributed by atoms with Crippen molar-refractivity contribution in [1.29, 1.82) is 0 Å². The first-order valence-corrected chi connectivity index (χ1v) is 8.61. The van der Waals surface area contributed by atoms with Gasteiger partial charge in [-0.3, -0.25) is 9.88 Å². The monoisotopic (exact) mass is 315 g/mol. The molecule has 0 aliphatic rings. The van der Waals surface area contributed by atoms with Gasteiger partial charge in [0.05, 0.1) is 12.2 Å². The Morgan fingerprint density at radius 1 is 0.952 bits per heavy atom. The van der Waals surface area contributed by atoms with Crippen LogP contribution in [0.25, 0.3) is 0 Å². The highest BCUT2D eigenvalue weighted by Gasteiger charge is 2.12. The van der Waals surface area contributed by atoms with E-state index in [2.05, 4.69) is 39.3 Å². The Hall–Kier alpha value is -1.56. The van der Waals surface area contributed by atoms with Crippen LogP contribution >= 0.6 is 22.7 Å². The van der Waals surface area contributed by atoms with Crippen LogP contribution in [-0.2, 0) is 19.6 Å². The third kappa shape index (κ3) is 3.97. The first-order valence-electron chi connectivity index (χ1n) is 6.85. The van der Waals surface area contributed by atoms with Gasteiger partial charge in [-0.2, -0.15) is 0 Å². The van der Waals surface area contributed by atoms with Gasteiger partial charge < -0.3 is 0 Å². The first kappa shape index (κ1) is 14.4. The molecule has 3 nitrogen and oxygen atoms in total. The second-order valence-corrected chi connectivity index (χ2v) is 6.90. The average Bonchev–Trinajstić information content (AvgIpc) is 3.13. The van der Waals surface area contributed by atoms with Crippen LogP contribution in [0, 0.1) is 6.92 Å². The molecule has 3 rings (SSSR count). The van der Waals surface area contributed by atoms with Crippen molar-refractivity contribution >= 4 is 22.7 Å². The van der Waals surface area contributed by atoms with Gasteiger partial charge in [0, 0.05) is 35.7 Å². The molecule has 0 bridgehead atoms. The van der Waals surface area contributed by atoms with Gasteiger partial charge in [-0.25, -0.2) is 4.98 Å². The molecule has 21 heavy (non-hydrogen) atoms. The summed E-state index contributed by atoms with van der Waals surface area (Å²) in [7, 11) is 0. The van der Waals surface area contributed by atoms with Crippen LogP contribution in [0.15, 0.2) is 47.4 Å². The fourth-order valence-electron chi connectivity index (χ4n) is 2.18. The second-order valence-electron chi connectivity index (χ2n) is 4.92. The van der Waals surface area contributed by atoms with Crippen LogP contribution in [0.5, 0.6) is 0 Å². The van der Waals surface area contributed by atoms with Gasteiger partial charge in [0.15, 0.2) is 0 Å². The lowest BCUT2D eigenvalue weighted by atomic mass is 10.2. The Bertz CT molecular complexity index is 662. The van der Waals surface area contributed by atoms with Gasteiger partial charge in [0.25, 0.3) is 0 Å². The molecule has 0 radical (unpaired) electrons. The van der Waals surface area contributed by atoms with E-state index in [4.69, 9.17) is 0 Å². The van der Waals surface area contributed by atoms with Crippen LogP contribution in [-0.4, -0.2) is 14.9 Å². The predicted octanol–water partition coefficient (Wildman–Crippen LogP) is 4.11. The van der Waals surface area contributed by atoms with Crippen molar-refractivity contribution in [2.75, 3.05) is 0 Å². The van der Waals surface area contributed by atoms with Crippen molar-refractivity contribution in [3.63, 3.8) is 0 Å². The minimum Gasteiger partial charge on any atom is -0.286 e. The molecule has 108 valence electrons. The topological polar surface area (TPSA) is 29.0 Å². The minimum absolute atomic E-state index is 0.845. The number of pyridine rings is 1. The third-order valence-electron chi connectivity index (χ3n) is 3.29. The largest absolute Gasteiger partial charge is 0.286 e. The van der Waals surface area contributed by atoms with E-state index in [-0.39, 0.29) is 0 Å². The van der Waals surface area contributed by atoms with Crippen molar-refractivity contribution < 1.29 is 0 Å². The Labute approximate surface area is 132 Å². The quantitative estimate of drug-likeness (QED) is 0.685. The summed E-state index contributed by atoms with van der Waals surface area (Å²) in [5.41, 5.74) is 2.47. The number of aryl methyl sites for hydroxylation is 1. The molecule has 0 atom stereocenters. The van der Waals surface area contributed by atoms with E-state index < -0.39 is 0 Å². The first-order chi connectivity index (χ1) is 10.3. The zero-order valence-electron chi connectivity index (χ0n) is 11.9. The van der Waals surface area contributed by atoms with E-state index in [9.17, 15) is 0 Å². The van der Waals surface area contributed by atoms with E-state index >= 15 is 0 Å². The van der Waals surface area contributed by atoms with Crippen molar-refractivity contribution in [1.82, 2.24) is 14.9 Å². The molecule has 3 heterocycles. The molecule has 0 saturated carbocycles. The molecular weight excluding hydrogens is 298 g/mol. The van der Waals surface area contributed by atoms with Crippen molar-refractivity contribution in [2.45, 2.75) is 26.6 Å². The van der Waals surface area contributed by atoms with Crippen LogP contribution in [0.3, 0.4) is 0 Å². The van der Waals surface area contributed by atoms with E-state index in [1.165, 1.54) is 10.4 Å². The lowest BCUT2D eigenvalue weighted by Crippen LogP contribution is -2.22. The number of thiophene rings is 1. The smallest absolute Gasteiger partial charge is 0.107 e. The number of hydrogen-bond acceptors (Lipinski definition) is 5. The van der Waals surface area contributed by atoms with Gasteiger partial charge >= 0.3 is 0 Å². The SMILES string of the molecule is Cc1ccsc1CN(Cc1ccccn1)Cc1nccs1. The summed E-state index contributed by atoms with van der Waals surface area (Å²) in [6, 6.07) is 8.26. The van der Waals surface area contributed by atoms with E-state index in [1.54, 1.807) is 11.3 Å². The maximum absolute atomic E-state index is 4.44. The van der Waals surface area contributed by atoms with Gasteiger partial charge in [0.2, 0.25) is 0 Å². The fraction of sp³-hybridized carbons (Fsp3) is 0.250. The summed E-state index contributed by atoms with van der Waals surface area (Å²) in [5.74, 6) is 0. The maximum Gasteiger partial charge on any atom is 0.107 e. The second kappa shape index (κ2) is 6.93. The summed E-state index contributed by atoms with van der Waals surface area (Å²) >= 11 is 3.53. The fourth-order valence-corrected chi connectivity index (χ4v) is 3.79. The summed E-state index contributed by atoms with van der Waals surface area (Å²) in [6.07, 6.45) is 3.72. The lowest BCUT2D eigenvalue weighted by Gasteiger charge is -2.20. The molecule has 0 amide bonds. The number of nitrogens with zero attached hydrogens (tertiary/aromatic N) is 3. The molecule has 3 aromatic heterocycles. The molecule has 0 N–H and O–H groups in total. The maximum atomic E-state index is 4.44. The van der Waals surface area contributed by atoms with Crippen molar-refractivity contribution in [2.24, 2.45) is 0 Å². The Balaban J connectivity index is 1.75. The Morgan fingerprint density at radius 3 is 2.57 bits per heavy atom. The Morgan fingerprint density at radius 2 is 1.90 bits per heavy atom. The minimum atomic E-state index is 0.845. The van der Waals surface area contributed by atoms with Gasteiger partial charge in [-0.05, 0) is 36.1 Å². The molecule has 0 spiro atoms. The number of thiazole rings is 1. The Kier molecular flexibility index (Phi) is 4.75. The molecule has 0 fully saturated rings. The molecule has 5 heteroatoms. The number of aromatic nitrogens is 2. The molecular formula is C16H17N3S2. The highest BCUT2D eigenvalue weighted by atomic mass is 32.1. The number of rotatable bonds is 6. The summed E-state index contributed by atoms with van der Waals surface area (Å²) < 4.78 is 0. The molecule has 0 saturated heterocycles. The molecule has 3 aromatic rings. The zero-order valence-corrected chi connectivity index (χ0v) is 13.5. The van der Waals surface area contributed by atoms with Crippen LogP contribution in [0.4, 0.5) is 0 Å². The molecule has 0 aromatic carbocycles. The van der Waals surface area contributed by atoms with Crippen LogP contribution in [0.1, 0.15) is 21.1 Å². The van der Waals surface area contributed by atoms with Crippen LogP contribution in [0.2, 0.25) is 0 Å². The third-order valence-corrected chi connectivity index (χ3v) is 5.06. The molecule has 0 unspecified atom stereocenters.